The number of aromatic hydroxyl groups is 2. The number of carbonyl (C=O) groups is 3. The zero-order valence-electron chi connectivity index (χ0n) is 26.8. The number of aliphatic hydroxyl groups excluding tert-OH is 1. The molecule has 44 heavy (non-hydrogen) atoms. The zero-order chi connectivity index (χ0) is 33.0. The van der Waals surface area contributed by atoms with Crippen LogP contribution in [0.3, 0.4) is 0 Å². The molecule has 3 rings (SSSR count). The van der Waals surface area contributed by atoms with Crippen molar-refractivity contribution >= 4 is 27.6 Å². The van der Waals surface area contributed by atoms with Crippen LogP contribution >= 0.6 is 0 Å². The maximum Gasteiger partial charge on any atom is 0.329 e. The van der Waals surface area contributed by atoms with E-state index in [0.717, 1.165) is 12.8 Å². The summed E-state index contributed by atoms with van der Waals surface area (Å²) in [4.78, 5) is 41.4. The van der Waals surface area contributed by atoms with E-state index in [1.165, 1.54) is 30.0 Å². The highest BCUT2D eigenvalue weighted by Gasteiger charge is 2.49. The number of benzene rings is 1. The lowest BCUT2D eigenvalue weighted by Gasteiger charge is -2.40. The number of likely N-dealkylation sites (tertiary alicyclic amines) is 1. The molecule has 12 heteroatoms. The molecular formula is C32H50N2O9S. The van der Waals surface area contributed by atoms with Crippen LogP contribution < -0.4 is 5.32 Å². The second kappa shape index (κ2) is 14.1. The Morgan fingerprint density at radius 3 is 2.39 bits per heavy atom. The fraction of sp³-hybridized carbons (Fsp3) is 0.719. The number of esters is 1. The highest BCUT2D eigenvalue weighted by Crippen LogP contribution is 2.57. The maximum atomic E-state index is 13.8. The first-order chi connectivity index (χ1) is 20.4. The molecule has 0 bridgehead atoms. The van der Waals surface area contributed by atoms with Crippen LogP contribution in [0.15, 0.2) is 18.2 Å². The first kappa shape index (κ1) is 35.6. The van der Waals surface area contributed by atoms with Crippen LogP contribution in [0.1, 0.15) is 85.6 Å². The predicted octanol–water partition coefficient (Wildman–Crippen LogP) is 3.09. The van der Waals surface area contributed by atoms with E-state index in [4.69, 9.17) is 4.74 Å². The summed E-state index contributed by atoms with van der Waals surface area (Å²) in [5.41, 5.74) is 0.626. The predicted molar refractivity (Wildman–Crippen MR) is 166 cm³/mol. The van der Waals surface area contributed by atoms with Crippen LogP contribution in [0, 0.1) is 16.7 Å². The Morgan fingerprint density at radius 2 is 1.80 bits per heavy atom. The monoisotopic (exact) mass is 638 g/mol. The van der Waals surface area contributed by atoms with E-state index < -0.39 is 51.6 Å². The van der Waals surface area contributed by atoms with Gasteiger partial charge < -0.3 is 30.3 Å². The van der Waals surface area contributed by atoms with Gasteiger partial charge in [0, 0.05) is 18.7 Å². The first-order valence-electron chi connectivity index (χ1n) is 15.6. The lowest BCUT2D eigenvalue weighted by molar-refractivity contribution is -0.159. The third-order valence-corrected chi connectivity index (χ3v) is 11.9. The average molecular weight is 639 g/mol. The number of hydrogen-bond donors (Lipinski definition) is 4. The van der Waals surface area contributed by atoms with Gasteiger partial charge in [0.2, 0.25) is 11.8 Å². The van der Waals surface area contributed by atoms with Gasteiger partial charge in [-0.15, -0.1) is 0 Å². The van der Waals surface area contributed by atoms with E-state index in [-0.39, 0.29) is 53.6 Å². The molecule has 1 aliphatic heterocycles. The number of phenolic OH excluding ortho intramolecular Hbond substituents is 2. The number of carbonyl (C=O) groups excluding carboxylic acids is 3. The Balaban J connectivity index is 1.69. The van der Waals surface area contributed by atoms with Gasteiger partial charge >= 0.3 is 5.97 Å². The van der Waals surface area contributed by atoms with Gasteiger partial charge in [0.25, 0.3) is 0 Å². The van der Waals surface area contributed by atoms with Crippen molar-refractivity contribution in [1.82, 2.24) is 10.2 Å². The Kier molecular flexibility index (Phi) is 11.4. The van der Waals surface area contributed by atoms with Crippen LogP contribution in [0.5, 0.6) is 11.5 Å². The normalized spacial score (nSPS) is 23.1. The third-order valence-electron chi connectivity index (χ3n) is 10.2. The number of nitrogens with one attached hydrogen (secondary N) is 1. The summed E-state index contributed by atoms with van der Waals surface area (Å²) in [5.74, 6) is -2.91. The topological polar surface area (TPSA) is 171 Å². The van der Waals surface area contributed by atoms with Crippen molar-refractivity contribution in [2.24, 2.45) is 16.7 Å². The van der Waals surface area contributed by atoms with Gasteiger partial charge in [-0.25, -0.2) is 13.2 Å². The number of sulfone groups is 1. The lowest BCUT2D eigenvalue weighted by Crippen LogP contribution is -2.54. The summed E-state index contributed by atoms with van der Waals surface area (Å²) >= 11 is 0. The molecular weight excluding hydrogens is 588 g/mol. The van der Waals surface area contributed by atoms with Crippen LogP contribution in [0.25, 0.3) is 0 Å². The van der Waals surface area contributed by atoms with Gasteiger partial charge in [0.05, 0.1) is 11.9 Å². The van der Waals surface area contributed by atoms with Crippen molar-refractivity contribution in [3.05, 3.63) is 23.8 Å². The van der Waals surface area contributed by atoms with Crippen molar-refractivity contribution in [3.63, 3.8) is 0 Å². The van der Waals surface area contributed by atoms with Crippen LogP contribution in [-0.2, 0) is 35.4 Å². The second-order valence-corrected chi connectivity index (χ2v) is 16.1. The fourth-order valence-corrected chi connectivity index (χ4v) is 7.25. The average Bonchev–Trinajstić information content (AvgIpc) is 3.51. The SMILES string of the molecule is CCS(=O)(=O)CCC(NC(=O)C(O)Cc1ccc(O)c(O)c1)C(=O)N1CCCC1C(=O)OC(C)CC1CCC(C)(C)C1(C)C. The molecule has 0 radical (unpaired) electrons. The summed E-state index contributed by atoms with van der Waals surface area (Å²) in [7, 11) is -3.49. The zero-order valence-corrected chi connectivity index (χ0v) is 27.7. The molecule has 5 atom stereocenters. The molecule has 1 aliphatic carbocycles. The van der Waals surface area contributed by atoms with Crippen LogP contribution in [0.2, 0.25) is 0 Å². The van der Waals surface area contributed by atoms with Gasteiger partial charge in [-0.05, 0) is 79.9 Å². The molecule has 0 aromatic heterocycles. The van der Waals surface area contributed by atoms with Crippen molar-refractivity contribution in [1.29, 1.82) is 0 Å². The second-order valence-electron chi connectivity index (χ2n) is 13.6. The molecule has 0 spiro atoms. The highest BCUT2D eigenvalue weighted by molar-refractivity contribution is 7.91. The molecule has 248 valence electrons. The number of aliphatic hydroxyl groups is 1. The van der Waals surface area contributed by atoms with E-state index in [2.05, 4.69) is 33.0 Å². The summed E-state index contributed by atoms with van der Waals surface area (Å²) in [6, 6.07) is 1.71. The number of phenols is 2. The van der Waals surface area contributed by atoms with Crippen molar-refractivity contribution in [2.75, 3.05) is 18.1 Å². The number of hydrogen-bond acceptors (Lipinski definition) is 9. The van der Waals surface area contributed by atoms with Gasteiger partial charge in [-0.1, -0.05) is 40.7 Å². The number of ether oxygens (including phenoxy) is 1. The number of rotatable bonds is 13. The summed E-state index contributed by atoms with van der Waals surface area (Å²) in [5, 5.41) is 32.3. The lowest BCUT2D eigenvalue weighted by atomic mass is 9.66. The molecule has 11 nitrogen and oxygen atoms in total. The van der Waals surface area contributed by atoms with Gasteiger partial charge in [-0.3, -0.25) is 9.59 Å². The minimum atomic E-state index is -3.49. The van der Waals surface area contributed by atoms with Gasteiger partial charge in [0.15, 0.2) is 11.5 Å². The van der Waals surface area contributed by atoms with Gasteiger partial charge in [0.1, 0.15) is 28.0 Å². The third kappa shape index (κ3) is 8.44. The van der Waals surface area contributed by atoms with E-state index in [0.29, 0.717) is 30.7 Å². The van der Waals surface area contributed by atoms with E-state index in [1.54, 1.807) is 0 Å². The molecule has 5 unspecified atom stereocenters. The first-order valence-corrected chi connectivity index (χ1v) is 17.4. The molecule has 2 amide bonds. The summed E-state index contributed by atoms with van der Waals surface area (Å²) < 4.78 is 30.4. The highest BCUT2D eigenvalue weighted by atomic mass is 32.2. The van der Waals surface area contributed by atoms with Crippen molar-refractivity contribution < 1.29 is 42.9 Å². The van der Waals surface area contributed by atoms with Crippen molar-refractivity contribution in [3.8, 4) is 11.5 Å². The molecule has 2 aliphatic rings. The minimum absolute atomic E-state index is 0.0838. The Labute approximate surface area is 261 Å². The Bertz CT molecular complexity index is 1310. The number of nitrogens with zero attached hydrogens (tertiary/aromatic N) is 1. The van der Waals surface area contributed by atoms with Crippen LogP contribution in [0.4, 0.5) is 0 Å². The molecule has 4 N–H and O–H groups in total. The largest absolute Gasteiger partial charge is 0.504 e. The molecule has 1 aromatic rings. The maximum absolute atomic E-state index is 13.8. The fourth-order valence-electron chi connectivity index (χ4n) is 6.36. The molecule has 1 saturated carbocycles. The molecule has 1 saturated heterocycles. The number of amides is 2. The van der Waals surface area contributed by atoms with E-state index in [1.807, 2.05) is 6.92 Å². The van der Waals surface area contributed by atoms with Crippen LogP contribution in [-0.4, -0.2) is 88.8 Å². The summed E-state index contributed by atoms with van der Waals surface area (Å²) in [6.07, 6.45) is 1.38. The quantitative estimate of drug-likeness (QED) is 0.187. The van der Waals surface area contributed by atoms with Crippen molar-refractivity contribution in [2.45, 2.75) is 111 Å². The minimum Gasteiger partial charge on any atom is -0.504 e. The standard InChI is InChI=1S/C32H50N2O9S/c1-7-44(41,42)16-13-23(33-28(38)27(37)19-21-10-11-25(35)26(36)18-21)29(39)34-15-8-9-24(34)30(40)43-20(2)17-22-12-14-31(3,4)32(22,5)6/h10-11,18,20,22-24,27,35-37H,7-9,12-17,19H2,1-6H3,(H,33,38). The molecule has 1 heterocycles. The Hall–Kier alpha value is -2.86. The molecule has 2 fully saturated rings. The van der Waals surface area contributed by atoms with Gasteiger partial charge in [-0.2, -0.15) is 0 Å². The van der Waals surface area contributed by atoms with E-state index >= 15 is 0 Å². The van der Waals surface area contributed by atoms with E-state index in [9.17, 15) is 38.1 Å². The smallest absolute Gasteiger partial charge is 0.329 e. The molecule has 1 aromatic carbocycles. The summed E-state index contributed by atoms with van der Waals surface area (Å²) in [6.45, 7) is 12.7. The Morgan fingerprint density at radius 1 is 1.11 bits per heavy atom.